The van der Waals surface area contributed by atoms with Crippen molar-refractivity contribution >= 4 is 5.82 Å². The SMILES string of the molecule is CC1CCC(C)N(c2cnc(C#N)cn2)C1. The van der Waals surface area contributed by atoms with Crippen LogP contribution in [0.2, 0.25) is 0 Å². The van der Waals surface area contributed by atoms with E-state index >= 15 is 0 Å². The molecular formula is C12H16N4. The molecule has 0 spiro atoms. The van der Waals surface area contributed by atoms with E-state index in [9.17, 15) is 0 Å². The monoisotopic (exact) mass is 216 g/mol. The molecule has 2 heterocycles. The maximum Gasteiger partial charge on any atom is 0.158 e. The van der Waals surface area contributed by atoms with Gasteiger partial charge in [0.15, 0.2) is 5.69 Å². The summed E-state index contributed by atoms with van der Waals surface area (Å²) in [5.74, 6) is 1.59. The minimum Gasteiger partial charge on any atom is -0.352 e. The van der Waals surface area contributed by atoms with Crippen molar-refractivity contribution in [2.75, 3.05) is 11.4 Å². The Balaban J connectivity index is 2.18. The smallest absolute Gasteiger partial charge is 0.158 e. The highest BCUT2D eigenvalue weighted by Crippen LogP contribution is 2.25. The third-order valence-corrected chi connectivity index (χ3v) is 3.16. The molecule has 0 N–H and O–H groups in total. The zero-order valence-corrected chi connectivity index (χ0v) is 9.72. The molecule has 84 valence electrons. The molecule has 4 heteroatoms. The minimum absolute atomic E-state index is 0.376. The predicted octanol–water partition coefficient (Wildman–Crippen LogP) is 1.97. The average molecular weight is 216 g/mol. The van der Waals surface area contributed by atoms with Crippen molar-refractivity contribution in [3.05, 3.63) is 18.1 Å². The van der Waals surface area contributed by atoms with Crippen molar-refractivity contribution in [1.82, 2.24) is 9.97 Å². The number of piperidine rings is 1. The topological polar surface area (TPSA) is 52.8 Å². The Morgan fingerprint density at radius 1 is 1.31 bits per heavy atom. The molecule has 1 aromatic heterocycles. The van der Waals surface area contributed by atoms with Gasteiger partial charge in [0, 0.05) is 12.6 Å². The first-order valence-electron chi connectivity index (χ1n) is 5.69. The maximum absolute atomic E-state index is 8.67. The van der Waals surface area contributed by atoms with Gasteiger partial charge in [0.2, 0.25) is 0 Å². The van der Waals surface area contributed by atoms with Crippen molar-refractivity contribution < 1.29 is 0 Å². The number of rotatable bonds is 1. The normalized spacial score (nSPS) is 25.2. The van der Waals surface area contributed by atoms with Crippen LogP contribution in [0.3, 0.4) is 0 Å². The van der Waals surface area contributed by atoms with Crippen LogP contribution in [0, 0.1) is 17.2 Å². The standard InChI is InChI=1S/C12H16N4/c1-9-3-4-10(2)16(8-9)12-7-14-11(5-13)6-15-12/h6-7,9-10H,3-4,8H2,1-2H3. The first-order valence-corrected chi connectivity index (χ1v) is 5.69. The highest BCUT2D eigenvalue weighted by molar-refractivity contribution is 5.39. The van der Waals surface area contributed by atoms with Crippen LogP contribution in [0.25, 0.3) is 0 Å². The molecule has 2 atom stereocenters. The molecule has 0 amide bonds. The van der Waals surface area contributed by atoms with Crippen LogP contribution < -0.4 is 4.90 Å². The molecular weight excluding hydrogens is 200 g/mol. The average Bonchev–Trinajstić information content (AvgIpc) is 2.32. The van der Waals surface area contributed by atoms with Crippen molar-refractivity contribution in [2.45, 2.75) is 32.7 Å². The van der Waals surface area contributed by atoms with Gasteiger partial charge in [-0.15, -0.1) is 0 Å². The Morgan fingerprint density at radius 2 is 2.12 bits per heavy atom. The van der Waals surface area contributed by atoms with Crippen LogP contribution >= 0.6 is 0 Å². The van der Waals surface area contributed by atoms with E-state index in [-0.39, 0.29) is 0 Å². The summed E-state index contributed by atoms with van der Waals surface area (Å²) in [5, 5.41) is 8.67. The van der Waals surface area contributed by atoms with Crippen LogP contribution in [0.4, 0.5) is 5.82 Å². The quantitative estimate of drug-likeness (QED) is 0.720. The van der Waals surface area contributed by atoms with Crippen LogP contribution in [-0.2, 0) is 0 Å². The highest BCUT2D eigenvalue weighted by Gasteiger charge is 2.23. The molecule has 0 radical (unpaired) electrons. The van der Waals surface area contributed by atoms with E-state index in [1.165, 1.54) is 12.8 Å². The second kappa shape index (κ2) is 4.48. The van der Waals surface area contributed by atoms with Gasteiger partial charge in [0.05, 0.1) is 12.4 Å². The van der Waals surface area contributed by atoms with E-state index < -0.39 is 0 Å². The third kappa shape index (κ3) is 2.13. The van der Waals surface area contributed by atoms with Gasteiger partial charge < -0.3 is 4.90 Å². The van der Waals surface area contributed by atoms with Gasteiger partial charge in [0.25, 0.3) is 0 Å². The fraction of sp³-hybridized carbons (Fsp3) is 0.583. The van der Waals surface area contributed by atoms with Crippen molar-refractivity contribution in [2.24, 2.45) is 5.92 Å². The second-order valence-corrected chi connectivity index (χ2v) is 4.56. The molecule has 1 saturated heterocycles. The molecule has 1 fully saturated rings. The molecule has 4 nitrogen and oxygen atoms in total. The number of hydrogen-bond donors (Lipinski definition) is 0. The van der Waals surface area contributed by atoms with Gasteiger partial charge in [-0.2, -0.15) is 5.26 Å². The van der Waals surface area contributed by atoms with E-state index in [0.29, 0.717) is 17.7 Å². The Labute approximate surface area is 95.9 Å². The largest absolute Gasteiger partial charge is 0.352 e. The summed E-state index contributed by atoms with van der Waals surface area (Å²) in [7, 11) is 0. The van der Waals surface area contributed by atoms with E-state index in [2.05, 4.69) is 28.7 Å². The first-order chi connectivity index (χ1) is 7.70. The molecule has 0 bridgehead atoms. The summed E-state index contributed by atoms with van der Waals surface area (Å²) in [6.45, 7) is 5.50. The van der Waals surface area contributed by atoms with Crippen molar-refractivity contribution in [3.8, 4) is 6.07 Å². The summed E-state index contributed by atoms with van der Waals surface area (Å²) in [4.78, 5) is 10.6. The molecule has 2 rings (SSSR count). The zero-order chi connectivity index (χ0) is 11.5. The minimum atomic E-state index is 0.376. The number of nitriles is 1. The summed E-state index contributed by atoms with van der Waals surface area (Å²) < 4.78 is 0. The Morgan fingerprint density at radius 3 is 2.75 bits per heavy atom. The van der Waals surface area contributed by atoms with E-state index in [1.807, 2.05) is 6.07 Å². The van der Waals surface area contributed by atoms with Gasteiger partial charge in [-0.05, 0) is 25.7 Å². The maximum atomic E-state index is 8.67. The number of nitrogens with zero attached hydrogens (tertiary/aromatic N) is 4. The second-order valence-electron chi connectivity index (χ2n) is 4.56. The molecule has 2 unspecified atom stereocenters. The van der Waals surface area contributed by atoms with Crippen LogP contribution in [-0.4, -0.2) is 22.6 Å². The Kier molecular flexibility index (Phi) is 3.04. The number of anilines is 1. The summed E-state index contributed by atoms with van der Waals surface area (Å²) >= 11 is 0. The highest BCUT2D eigenvalue weighted by atomic mass is 15.2. The Hall–Kier alpha value is -1.63. The lowest BCUT2D eigenvalue weighted by atomic mass is 9.95. The molecule has 1 aromatic rings. The van der Waals surface area contributed by atoms with Crippen LogP contribution in [0.15, 0.2) is 12.4 Å². The van der Waals surface area contributed by atoms with Gasteiger partial charge in [0.1, 0.15) is 11.9 Å². The van der Waals surface area contributed by atoms with Gasteiger partial charge in [-0.1, -0.05) is 6.92 Å². The summed E-state index contributed by atoms with van der Waals surface area (Å²) in [6.07, 6.45) is 5.72. The number of aromatic nitrogens is 2. The molecule has 0 saturated carbocycles. The van der Waals surface area contributed by atoms with Crippen molar-refractivity contribution in [3.63, 3.8) is 0 Å². The zero-order valence-electron chi connectivity index (χ0n) is 9.72. The van der Waals surface area contributed by atoms with E-state index in [1.54, 1.807) is 12.4 Å². The lowest BCUT2D eigenvalue weighted by molar-refractivity contribution is 0.388. The van der Waals surface area contributed by atoms with Crippen LogP contribution in [0.1, 0.15) is 32.4 Å². The molecule has 0 aromatic carbocycles. The van der Waals surface area contributed by atoms with Gasteiger partial charge in [-0.25, -0.2) is 9.97 Å². The molecule has 1 aliphatic heterocycles. The lowest BCUT2D eigenvalue weighted by Crippen LogP contribution is -2.41. The molecule has 16 heavy (non-hydrogen) atoms. The lowest BCUT2D eigenvalue weighted by Gasteiger charge is -2.37. The summed E-state index contributed by atoms with van der Waals surface area (Å²) in [5.41, 5.74) is 0.376. The number of hydrogen-bond acceptors (Lipinski definition) is 4. The fourth-order valence-electron chi connectivity index (χ4n) is 2.14. The Bertz CT molecular complexity index is 392. The van der Waals surface area contributed by atoms with Crippen LogP contribution in [0.5, 0.6) is 0 Å². The summed E-state index contributed by atoms with van der Waals surface area (Å²) in [6, 6.07) is 2.50. The third-order valence-electron chi connectivity index (χ3n) is 3.16. The molecule has 1 aliphatic rings. The van der Waals surface area contributed by atoms with E-state index in [4.69, 9.17) is 5.26 Å². The van der Waals surface area contributed by atoms with Crippen molar-refractivity contribution in [1.29, 1.82) is 5.26 Å². The fourth-order valence-corrected chi connectivity index (χ4v) is 2.14. The first kappa shape index (κ1) is 10.9. The van der Waals surface area contributed by atoms with Gasteiger partial charge in [-0.3, -0.25) is 0 Å². The predicted molar refractivity (Wildman–Crippen MR) is 62.0 cm³/mol. The van der Waals surface area contributed by atoms with E-state index in [0.717, 1.165) is 12.4 Å². The van der Waals surface area contributed by atoms with Gasteiger partial charge >= 0.3 is 0 Å². The molecule has 0 aliphatic carbocycles.